The van der Waals surface area contributed by atoms with Crippen molar-refractivity contribution in [3.8, 4) is 5.75 Å². The highest BCUT2D eigenvalue weighted by Gasteiger charge is 2.24. The third kappa shape index (κ3) is 3.44. The van der Waals surface area contributed by atoms with E-state index < -0.39 is 5.97 Å². The molecule has 0 N–H and O–H groups in total. The Morgan fingerprint density at radius 1 is 1.22 bits per heavy atom. The number of nitrogens with zero attached hydrogens (tertiary/aromatic N) is 1. The molecule has 3 rings (SSSR count). The number of benzene rings is 2. The van der Waals surface area contributed by atoms with Crippen LogP contribution in [0.3, 0.4) is 0 Å². The molecule has 0 unspecified atom stereocenters. The van der Waals surface area contributed by atoms with Gasteiger partial charge in [-0.1, -0.05) is 12.1 Å². The lowest BCUT2D eigenvalue weighted by atomic mass is 10.1. The zero-order chi connectivity index (χ0) is 16.4. The Morgan fingerprint density at radius 3 is 2.78 bits per heavy atom. The summed E-state index contributed by atoms with van der Waals surface area (Å²) in [5.74, 6) is 0.617. The summed E-state index contributed by atoms with van der Waals surface area (Å²) in [5, 5.41) is 0. The average molecular weight is 419 g/mol. The van der Waals surface area contributed by atoms with Crippen LogP contribution in [0.2, 0.25) is 0 Å². The molecule has 0 spiro atoms. The molecule has 1 heterocycles. The number of carbonyl (C=O) groups is 1. The van der Waals surface area contributed by atoms with Crippen LogP contribution in [0, 0.1) is 10.5 Å². The molecule has 23 heavy (non-hydrogen) atoms. The number of aliphatic imine (C=N–C) groups is 1. The highest BCUT2D eigenvalue weighted by Crippen LogP contribution is 2.22. The van der Waals surface area contributed by atoms with Crippen molar-refractivity contribution in [2.24, 2.45) is 4.99 Å². The Hall–Kier alpha value is -2.15. The van der Waals surface area contributed by atoms with Gasteiger partial charge in [0.25, 0.3) is 0 Å². The van der Waals surface area contributed by atoms with E-state index in [0.717, 1.165) is 26.0 Å². The Morgan fingerprint density at radius 2 is 2.04 bits per heavy atom. The molecule has 0 amide bonds. The second-order valence-corrected chi connectivity index (χ2v) is 6.24. The molecular weight excluding hydrogens is 405 g/mol. The van der Waals surface area contributed by atoms with Crippen LogP contribution in [0.25, 0.3) is 6.08 Å². The minimum atomic E-state index is -0.445. The van der Waals surface area contributed by atoms with E-state index in [4.69, 9.17) is 9.47 Å². The topological polar surface area (TPSA) is 47.9 Å². The molecule has 0 atom stereocenters. The number of hydrogen-bond donors (Lipinski definition) is 0. The van der Waals surface area contributed by atoms with E-state index in [9.17, 15) is 4.79 Å². The minimum absolute atomic E-state index is 0.282. The molecule has 0 bridgehead atoms. The summed E-state index contributed by atoms with van der Waals surface area (Å²) in [6.45, 7) is 2.01. The zero-order valence-electron chi connectivity index (χ0n) is 12.7. The second kappa shape index (κ2) is 6.54. The van der Waals surface area contributed by atoms with Gasteiger partial charge in [-0.3, -0.25) is 0 Å². The Labute approximate surface area is 148 Å². The number of rotatable bonds is 3. The fourth-order valence-electron chi connectivity index (χ4n) is 2.20. The molecule has 2 aromatic rings. The summed E-state index contributed by atoms with van der Waals surface area (Å²) in [6, 6.07) is 13.3. The van der Waals surface area contributed by atoms with E-state index in [1.54, 1.807) is 13.2 Å². The van der Waals surface area contributed by atoms with Gasteiger partial charge in [-0.15, -0.1) is 0 Å². The number of ether oxygens (including phenoxy) is 2. The number of aryl methyl sites for hydroxylation is 1. The maximum absolute atomic E-state index is 12.0. The molecule has 5 heteroatoms. The van der Waals surface area contributed by atoms with Gasteiger partial charge in [-0.2, -0.15) is 0 Å². The van der Waals surface area contributed by atoms with Gasteiger partial charge in [-0.05, 0) is 77.0 Å². The third-order valence-electron chi connectivity index (χ3n) is 3.42. The molecule has 1 aliphatic rings. The van der Waals surface area contributed by atoms with Crippen LogP contribution in [0.5, 0.6) is 5.75 Å². The van der Waals surface area contributed by atoms with Crippen LogP contribution in [0.1, 0.15) is 16.7 Å². The molecular formula is C18H14INO3. The van der Waals surface area contributed by atoms with Gasteiger partial charge in [0.1, 0.15) is 5.75 Å². The average Bonchev–Trinajstić information content (AvgIpc) is 2.91. The van der Waals surface area contributed by atoms with Crippen LogP contribution in [0.4, 0.5) is 0 Å². The van der Waals surface area contributed by atoms with Gasteiger partial charge < -0.3 is 9.47 Å². The second-order valence-electron chi connectivity index (χ2n) is 5.08. The van der Waals surface area contributed by atoms with Crippen molar-refractivity contribution >= 4 is 40.5 Å². The lowest BCUT2D eigenvalue weighted by molar-refractivity contribution is -0.129. The van der Waals surface area contributed by atoms with Gasteiger partial charge in [0.05, 0.1) is 7.11 Å². The van der Waals surface area contributed by atoms with E-state index >= 15 is 0 Å². The Balaban J connectivity index is 1.94. The van der Waals surface area contributed by atoms with Crippen molar-refractivity contribution in [1.82, 2.24) is 0 Å². The first-order valence-corrected chi connectivity index (χ1v) is 8.08. The monoisotopic (exact) mass is 419 g/mol. The molecule has 0 radical (unpaired) electrons. The van der Waals surface area contributed by atoms with E-state index in [1.807, 2.05) is 49.4 Å². The predicted molar refractivity (Wildman–Crippen MR) is 97.5 cm³/mol. The maximum Gasteiger partial charge on any atom is 0.363 e. The van der Waals surface area contributed by atoms with E-state index in [-0.39, 0.29) is 5.70 Å². The van der Waals surface area contributed by atoms with Crippen LogP contribution in [-0.4, -0.2) is 19.0 Å². The quantitative estimate of drug-likeness (QED) is 0.430. The number of hydrogen-bond acceptors (Lipinski definition) is 4. The smallest absolute Gasteiger partial charge is 0.363 e. The van der Waals surface area contributed by atoms with E-state index in [1.165, 1.54) is 0 Å². The Bertz CT molecular complexity index is 840. The molecule has 2 aromatic carbocycles. The molecule has 0 aliphatic carbocycles. The molecule has 4 nitrogen and oxygen atoms in total. The summed E-state index contributed by atoms with van der Waals surface area (Å²) in [6.07, 6.45) is 1.69. The number of methoxy groups -OCH3 is 1. The first-order valence-electron chi connectivity index (χ1n) is 7.00. The van der Waals surface area contributed by atoms with Crippen LogP contribution in [0.15, 0.2) is 53.2 Å². The highest BCUT2D eigenvalue weighted by molar-refractivity contribution is 14.1. The first kappa shape index (κ1) is 15.7. The van der Waals surface area contributed by atoms with Crippen molar-refractivity contribution < 1.29 is 14.3 Å². The summed E-state index contributed by atoms with van der Waals surface area (Å²) in [7, 11) is 1.60. The van der Waals surface area contributed by atoms with Gasteiger partial charge in [0.2, 0.25) is 5.90 Å². The van der Waals surface area contributed by atoms with Gasteiger partial charge in [0, 0.05) is 9.13 Å². The summed E-state index contributed by atoms with van der Waals surface area (Å²) >= 11 is 2.26. The minimum Gasteiger partial charge on any atom is -0.497 e. The van der Waals surface area contributed by atoms with Crippen molar-refractivity contribution in [3.05, 3.63) is 68.4 Å². The van der Waals surface area contributed by atoms with Crippen LogP contribution < -0.4 is 4.74 Å². The van der Waals surface area contributed by atoms with Crippen molar-refractivity contribution in [3.63, 3.8) is 0 Å². The largest absolute Gasteiger partial charge is 0.497 e. The number of esters is 1. The van der Waals surface area contributed by atoms with Crippen molar-refractivity contribution in [2.75, 3.05) is 7.11 Å². The predicted octanol–water partition coefficient (Wildman–Crippen LogP) is 3.95. The fraction of sp³-hybridized carbons (Fsp3) is 0.111. The van der Waals surface area contributed by atoms with Crippen LogP contribution in [-0.2, 0) is 9.53 Å². The maximum atomic E-state index is 12.0. The highest BCUT2D eigenvalue weighted by atomic mass is 127. The van der Waals surface area contributed by atoms with Crippen LogP contribution >= 0.6 is 22.6 Å². The summed E-state index contributed by atoms with van der Waals surface area (Å²) < 4.78 is 11.6. The molecule has 0 saturated carbocycles. The lowest BCUT2D eigenvalue weighted by Gasteiger charge is -2.02. The third-order valence-corrected chi connectivity index (χ3v) is 4.63. The first-order chi connectivity index (χ1) is 11.1. The molecule has 0 fully saturated rings. The van der Waals surface area contributed by atoms with Gasteiger partial charge in [0.15, 0.2) is 5.70 Å². The number of carbonyl (C=O) groups excluding carboxylic acids is 1. The fourth-order valence-corrected chi connectivity index (χ4v) is 2.54. The van der Waals surface area contributed by atoms with Crippen molar-refractivity contribution in [1.29, 1.82) is 0 Å². The van der Waals surface area contributed by atoms with Crippen molar-refractivity contribution in [2.45, 2.75) is 6.92 Å². The van der Waals surface area contributed by atoms with E-state index in [0.29, 0.717) is 5.90 Å². The number of halogens is 1. The molecule has 0 saturated heterocycles. The SMILES string of the molecule is COc1cccc(/C=C2\N=C(c3ccc(I)c(C)c3)OC2=O)c1. The lowest BCUT2D eigenvalue weighted by Crippen LogP contribution is -2.05. The normalized spacial score (nSPS) is 15.5. The summed E-state index contributed by atoms with van der Waals surface area (Å²) in [4.78, 5) is 16.4. The Kier molecular flexibility index (Phi) is 4.47. The molecule has 0 aromatic heterocycles. The summed E-state index contributed by atoms with van der Waals surface area (Å²) in [5.41, 5.74) is 3.03. The van der Waals surface area contributed by atoms with Gasteiger partial charge in [-0.25, -0.2) is 9.79 Å². The molecule has 1 aliphatic heterocycles. The molecule has 116 valence electrons. The standard InChI is InChI=1S/C18H14INO3/c1-11-8-13(6-7-15(11)19)17-20-16(18(21)23-17)10-12-4-3-5-14(9-12)22-2/h3-10H,1-2H3/b16-10-. The van der Waals surface area contributed by atoms with Gasteiger partial charge >= 0.3 is 5.97 Å². The zero-order valence-corrected chi connectivity index (χ0v) is 14.8. The number of cyclic esters (lactones) is 1. The van der Waals surface area contributed by atoms with E-state index in [2.05, 4.69) is 27.6 Å².